The lowest BCUT2D eigenvalue weighted by Gasteiger charge is -2.39. The third-order valence-electron chi connectivity index (χ3n) is 5.84. The second kappa shape index (κ2) is 7.13. The second-order valence-corrected chi connectivity index (χ2v) is 7.46. The van der Waals surface area contributed by atoms with E-state index in [4.69, 9.17) is 0 Å². The number of hydrogen-bond acceptors (Lipinski definition) is 2. The topological polar surface area (TPSA) is 57.6 Å². The van der Waals surface area contributed by atoms with Crippen LogP contribution in [0.1, 0.15) is 37.7 Å². The summed E-state index contributed by atoms with van der Waals surface area (Å²) in [6, 6.07) is 5.62. The van der Waals surface area contributed by atoms with Gasteiger partial charge in [0.25, 0.3) is 0 Å². The van der Waals surface area contributed by atoms with Crippen LogP contribution < -0.4 is 0 Å². The summed E-state index contributed by atoms with van der Waals surface area (Å²) < 4.78 is 53.6. The molecule has 1 N–H and O–H groups in total. The summed E-state index contributed by atoms with van der Waals surface area (Å²) in [6.45, 7) is -1.15. The van der Waals surface area contributed by atoms with Crippen LogP contribution in [0.4, 0.5) is 17.6 Å². The van der Waals surface area contributed by atoms with Gasteiger partial charge in [0, 0.05) is 13.1 Å². The van der Waals surface area contributed by atoms with Crippen molar-refractivity contribution in [2.45, 2.75) is 43.7 Å². The summed E-state index contributed by atoms with van der Waals surface area (Å²) in [6.07, 6.45) is -1.55. The van der Waals surface area contributed by atoms with Gasteiger partial charge >= 0.3 is 12.1 Å². The van der Waals surface area contributed by atoms with Crippen LogP contribution >= 0.6 is 0 Å². The maximum atomic E-state index is 13.8. The fraction of sp³-hybridized carbons (Fsp3) is 0.579. The predicted molar refractivity (Wildman–Crippen MR) is 88.4 cm³/mol. The lowest BCUT2D eigenvalue weighted by atomic mass is 9.68. The van der Waals surface area contributed by atoms with Gasteiger partial charge in [-0.1, -0.05) is 31.4 Å². The van der Waals surface area contributed by atoms with Crippen molar-refractivity contribution < 1.29 is 32.3 Å². The molecule has 4 nitrogen and oxygen atoms in total. The van der Waals surface area contributed by atoms with Crippen LogP contribution in [-0.2, 0) is 15.0 Å². The van der Waals surface area contributed by atoms with Crippen molar-refractivity contribution in [1.82, 2.24) is 4.90 Å². The molecular weight excluding hydrogens is 366 g/mol. The van der Waals surface area contributed by atoms with Crippen molar-refractivity contribution in [1.29, 1.82) is 0 Å². The van der Waals surface area contributed by atoms with Crippen molar-refractivity contribution in [3.63, 3.8) is 0 Å². The molecule has 1 aliphatic heterocycles. The normalized spacial score (nSPS) is 25.4. The van der Waals surface area contributed by atoms with Crippen molar-refractivity contribution in [2.24, 2.45) is 11.8 Å². The van der Waals surface area contributed by atoms with Gasteiger partial charge in [0.1, 0.15) is 5.82 Å². The van der Waals surface area contributed by atoms with E-state index in [-0.39, 0.29) is 0 Å². The highest BCUT2D eigenvalue weighted by Crippen LogP contribution is 2.44. The van der Waals surface area contributed by atoms with Crippen molar-refractivity contribution in [3.05, 3.63) is 35.6 Å². The number of benzene rings is 1. The number of carbonyl (C=O) groups excluding carboxylic acids is 1. The van der Waals surface area contributed by atoms with Crippen molar-refractivity contribution in [3.8, 4) is 0 Å². The molecule has 0 unspecified atom stereocenters. The number of aliphatic carboxylic acids is 1. The average Bonchev–Trinajstić information content (AvgIpc) is 3.08. The molecule has 8 heteroatoms. The Morgan fingerprint density at radius 2 is 1.78 bits per heavy atom. The molecule has 2 atom stereocenters. The van der Waals surface area contributed by atoms with Crippen LogP contribution in [0.15, 0.2) is 24.3 Å². The lowest BCUT2D eigenvalue weighted by Crippen LogP contribution is -2.47. The Morgan fingerprint density at radius 3 is 2.30 bits per heavy atom. The molecule has 1 heterocycles. The molecule has 1 aliphatic carbocycles. The first-order chi connectivity index (χ1) is 12.6. The van der Waals surface area contributed by atoms with Crippen LogP contribution in [0, 0.1) is 17.7 Å². The van der Waals surface area contributed by atoms with Gasteiger partial charge in [0.05, 0.1) is 17.3 Å². The molecule has 1 saturated heterocycles. The number of amides is 1. The first kappa shape index (κ1) is 19.6. The van der Waals surface area contributed by atoms with E-state index < -0.39 is 54.2 Å². The Morgan fingerprint density at radius 1 is 1.11 bits per heavy atom. The molecule has 0 radical (unpaired) electrons. The van der Waals surface area contributed by atoms with Gasteiger partial charge in [-0.15, -0.1) is 0 Å². The van der Waals surface area contributed by atoms with Gasteiger partial charge in [-0.05, 0) is 30.5 Å². The molecule has 1 amide bonds. The highest BCUT2D eigenvalue weighted by molar-refractivity contribution is 5.89. The number of carbonyl (C=O) groups is 2. The SMILES string of the molecule is O=C(O)[C@@H]1CN(C(=O)C2(c3cccc(F)c3)CCCCC2)C[C@H]1C(F)(F)F. The first-order valence-corrected chi connectivity index (χ1v) is 9.00. The van der Waals surface area contributed by atoms with Crippen molar-refractivity contribution in [2.75, 3.05) is 13.1 Å². The Labute approximate surface area is 154 Å². The van der Waals surface area contributed by atoms with Crippen molar-refractivity contribution >= 4 is 11.9 Å². The second-order valence-electron chi connectivity index (χ2n) is 7.46. The monoisotopic (exact) mass is 387 g/mol. The van der Waals surface area contributed by atoms with Gasteiger partial charge in [0.2, 0.25) is 5.91 Å². The van der Waals surface area contributed by atoms with Crippen LogP contribution in [0.2, 0.25) is 0 Å². The van der Waals surface area contributed by atoms with E-state index in [1.165, 1.54) is 18.2 Å². The van der Waals surface area contributed by atoms with Crippen LogP contribution in [-0.4, -0.2) is 41.1 Å². The molecule has 148 valence electrons. The maximum Gasteiger partial charge on any atom is 0.394 e. The molecule has 0 spiro atoms. The predicted octanol–water partition coefficient (Wildman–Crippen LogP) is 3.75. The molecule has 0 aromatic heterocycles. The fourth-order valence-electron chi connectivity index (χ4n) is 4.42. The standard InChI is InChI=1S/C19H21F4NO3/c20-13-6-4-5-12(9-13)18(7-2-1-3-8-18)17(27)24-10-14(16(25)26)15(11-24)19(21,22)23/h4-6,9,14-15H,1-3,7-8,10-11H2,(H,25,26)/t14-,15-/m1/s1. The summed E-state index contributed by atoms with van der Waals surface area (Å²) in [7, 11) is 0. The van der Waals surface area contributed by atoms with Crippen LogP contribution in [0.25, 0.3) is 0 Å². The largest absolute Gasteiger partial charge is 0.481 e. The highest BCUT2D eigenvalue weighted by Gasteiger charge is 2.55. The van der Waals surface area contributed by atoms with Gasteiger partial charge in [-0.25, -0.2) is 4.39 Å². The minimum atomic E-state index is -4.70. The third kappa shape index (κ3) is 3.66. The molecule has 1 aromatic carbocycles. The minimum absolute atomic E-state index is 0.417. The summed E-state index contributed by atoms with van der Waals surface area (Å²) in [5, 5.41) is 9.19. The molecule has 2 fully saturated rings. The van der Waals surface area contributed by atoms with Gasteiger partial charge in [0.15, 0.2) is 0 Å². The number of hydrogen-bond donors (Lipinski definition) is 1. The Bertz CT molecular complexity index is 728. The number of carboxylic acids is 1. The van der Waals surface area contributed by atoms with E-state index in [2.05, 4.69) is 0 Å². The molecule has 1 saturated carbocycles. The van der Waals surface area contributed by atoms with E-state index in [0.29, 0.717) is 31.2 Å². The summed E-state index contributed by atoms with van der Waals surface area (Å²) in [5.74, 6) is -6.36. The number of rotatable bonds is 3. The fourth-order valence-corrected chi connectivity index (χ4v) is 4.42. The maximum absolute atomic E-state index is 13.8. The summed E-state index contributed by atoms with van der Waals surface area (Å²) >= 11 is 0. The van der Waals surface area contributed by atoms with E-state index in [9.17, 15) is 32.3 Å². The Balaban J connectivity index is 1.95. The third-order valence-corrected chi connectivity index (χ3v) is 5.84. The van der Waals surface area contributed by atoms with Crippen LogP contribution in [0.5, 0.6) is 0 Å². The smallest absolute Gasteiger partial charge is 0.394 e. The van der Waals surface area contributed by atoms with Gasteiger partial charge in [-0.3, -0.25) is 9.59 Å². The van der Waals surface area contributed by atoms with Gasteiger partial charge < -0.3 is 10.0 Å². The number of nitrogens with zero attached hydrogens (tertiary/aromatic N) is 1. The number of alkyl halides is 3. The van der Waals surface area contributed by atoms with E-state index in [1.54, 1.807) is 6.07 Å². The summed E-state index contributed by atoms with van der Waals surface area (Å²) in [4.78, 5) is 25.6. The lowest BCUT2D eigenvalue weighted by molar-refractivity contribution is -0.188. The zero-order chi connectivity index (χ0) is 19.8. The van der Waals surface area contributed by atoms with E-state index >= 15 is 0 Å². The molecule has 0 bridgehead atoms. The van der Waals surface area contributed by atoms with Gasteiger partial charge in [-0.2, -0.15) is 13.2 Å². The minimum Gasteiger partial charge on any atom is -0.481 e. The van der Waals surface area contributed by atoms with E-state index in [0.717, 1.165) is 11.3 Å². The average molecular weight is 387 g/mol. The zero-order valence-electron chi connectivity index (χ0n) is 14.6. The molecule has 27 heavy (non-hydrogen) atoms. The van der Waals surface area contributed by atoms with Crippen LogP contribution in [0.3, 0.4) is 0 Å². The summed E-state index contributed by atoms with van der Waals surface area (Å²) in [5.41, 5.74) is -0.640. The molecular formula is C19H21F4NO3. The number of halogens is 4. The molecule has 1 aromatic rings. The quantitative estimate of drug-likeness (QED) is 0.804. The highest BCUT2D eigenvalue weighted by atomic mass is 19.4. The molecule has 3 rings (SSSR count). The Kier molecular flexibility index (Phi) is 5.18. The first-order valence-electron chi connectivity index (χ1n) is 9.00. The number of likely N-dealkylation sites (tertiary alicyclic amines) is 1. The zero-order valence-corrected chi connectivity index (χ0v) is 14.6. The van der Waals surface area contributed by atoms with E-state index in [1.807, 2.05) is 0 Å². The number of carboxylic acid groups (broad SMARTS) is 1. The molecule has 2 aliphatic rings. The Hall–Kier alpha value is -2.12.